The third kappa shape index (κ3) is 3.52. The van der Waals surface area contributed by atoms with E-state index in [0.29, 0.717) is 24.5 Å². The topological polar surface area (TPSA) is 83.3 Å². The maximum absolute atomic E-state index is 6.20. The molecule has 1 aliphatic rings. The summed E-state index contributed by atoms with van der Waals surface area (Å²) in [5, 5.41) is 1.04. The van der Waals surface area contributed by atoms with E-state index in [1.807, 2.05) is 6.92 Å². The van der Waals surface area contributed by atoms with Gasteiger partial charge in [-0.1, -0.05) is 0 Å². The van der Waals surface area contributed by atoms with Gasteiger partial charge in [0, 0.05) is 49.4 Å². The molecule has 2 aromatic heterocycles. The molecular weight excluding hydrogens is 352 g/mol. The molecule has 4 rings (SSSR count). The number of piperazine rings is 1. The first-order valence-electron chi connectivity index (χ1n) is 10.0. The molecule has 0 radical (unpaired) electrons. The maximum atomic E-state index is 6.20. The lowest BCUT2D eigenvalue weighted by atomic mass is 10.0. The number of aromatic amines is 1. The molecule has 0 aliphatic carbocycles. The predicted molar refractivity (Wildman–Crippen MR) is 115 cm³/mol. The number of nitrogens with one attached hydrogen (secondary N) is 1. The van der Waals surface area contributed by atoms with Crippen molar-refractivity contribution in [1.29, 1.82) is 0 Å². The van der Waals surface area contributed by atoms with Crippen molar-refractivity contribution < 1.29 is 4.74 Å². The van der Waals surface area contributed by atoms with Crippen molar-refractivity contribution in [3.05, 3.63) is 24.0 Å². The first kappa shape index (κ1) is 19.0. The normalized spacial score (nSPS) is 16.4. The highest BCUT2D eigenvalue weighted by Crippen LogP contribution is 2.30. The molecule has 1 saturated heterocycles. The van der Waals surface area contributed by atoms with Gasteiger partial charge in [-0.25, -0.2) is 9.97 Å². The second-order valence-electron chi connectivity index (χ2n) is 8.39. The molecule has 3 aromatic rings. The highest BCUT2D eigenvalue weighted by Gasteiger charge is 2.26. The number of benzene rings is 1. The van der Waals surface area contributed by atoms with Crippen molar-refractivity contribution in [2.45, 2.75) is 39.8 Å². The zero-order valence-corrected chi connectivity index (χ0v) is 17.2. The molecule has 1 aromatic carbocycles. The molecule has 1 fully saturated rings. The van der Waals surface area contributed by atoms with Gasteiger partial charge in [-0.05, 0) is 45.9 Å². The largest absolute Gasteiger partial charge is 0.382 e. The van der Waals surface area contributed by atoms with Gasteiger partial charge in [0.15, 0.2) is 5.82 Å². The van der Waals surface area contributed by atoms with Gasteiger partial charge < -0.3 is 20.4 Å². The van der Waals surface area contributed by atoms with E-state index in [1.54, 1.807) is 0 Å². The number of hydrogen-bond acceptors (Lipinski definition) is 6. The summed E-state index contributed by atoms with van der Waals surface area (Å²) in [4.78, 5) is 17.5. The molecule has 7 heteroatoms. The molecule has 0 atom stereocenters. The average molecular weight is 383 g/mol. The number of imidazole rings is 1. The fourth-order valence-corrected chi connectivity index (χ4v) is 3.91. The number of pyridine rings is 1. The summed E-state index contributed by atoms with van der Waals surface area (Å²) in [6.07, 6.45) is 0. The van der Waals surface area contributed by atoms with E-state index >= 15 is 0 Å². The minimum Gasteiger partial charge on any atom is -0.382 e. The Labute approximate surface area is 165 Å². The second kappa shape index (κ2) is 7.22. The summed E-state index contributed by atoms with van der Waals surface area (Å²) in [5.41, 5.74) is 10.2. The zero-order valence-electron chi connectivity index (χ0n) is 17.2. The van der Waals surface area contributed by atoms with Crippen LogP contribution in [0, 0.1) is 0 Å². The van der Waals surface area contributed by atoms with Gasteiger partial charge in [0.2, 0.25) is 0 Å². The lowest BCUT2D eigenvalue weighted by Crippen LogP contribution is -2.53. The molecule has 3 N–H and O–H groups in total. The molecular formula is C21H30N6O. The number of ether oxygens (including phenoxy) is 1. The molecule has 0 amide bonds. The quantitative estimate of drug-likeness (QED) is 0.721. The van der Waals surface area contributed by atoms with Crippen LogP contribution in [0.25, 0.3) is 21.9 Å². The van der Waals surface area contributed by atoms with Crippen molar-refractivity contribution in [3.8, 4) is 0 Å². The molecule has 1 aliphatic heterocycles. The number of anilines is 2. The van der Waals surface area contributed by atoms with Crippen LogP contribution >= 0.6 is 0 Å². The molecule has 7 nitrogen and oxygen atoms in total. The highest BCUT2D eigenvalue weighted by molar-refractivity contribution is 6.06. The lowest BCUT2D eigenvalue weighted by molar-refractivity contribution is 0.128. The van der Waals surface area contributed by atoms with Crippen LogP contribution < -0.4 is 10.6 Å². The molecule has 28 heavy (non-hydrogen) atoms. The first-order chi connectivity index (χ1) is 13.4. The maximum Gasteiger partial charge on any atom is 0.152 e. The van der Waals surface area contributed by atoms with E-state index in [0.717, 1.165) is 48.4 Å². The first-order valence-corrected chi connectivity index (χ1v) is 10.0. The standard InChI is InChI=1S/C21H30N6O/c1-5-28-13-17-24-18-15-7-6-14(12-16(15)23-20(22)19(18)25-17)26-8-10-27(11-9-26)21(2,3)4/h6-7,12H,5,8-11,13H2,1-4H3,(H2,22,23)(H,24,25). The summed E-state index contributed by atoms with van der Waals surface area (Å²) in [7, 11) is 0. The fourth-order valence-electron chi connectivity index (χ4n) is 3.91. The van der Waals surface area contributed by atoms with Crippen molar-refractivity contribution >= 4 is 33.4 Å². The minimum absolute atomic E-state index is 0.219. The molecule has 150 valence electrons. The molecule has 0 bridgehead atoms. The van der Waals surface area contributed by atoms with E-state index in [1.165, 1.54) is 5.69 Å². The van der Waals surface area contributed by atoms with Gasteiger partial charge in [0.25, 0.3) is 0 Å². The second-order valence-corrected chi connectivity index (χ2v) is 8.39. The van der Waals surface area contributed by atoms with Gasteiger partial charge in [-0.3, -0.25) is 4.90 Å². The Bertz CT molecular complexity index is 982. The van der Waals surface area contributed by atoms with Gasteiger partial charge in [0.05, 0.1) is 11.0 Å². The van der Waals surface area contributed by atoms with Crippen LogP contribution in [-0.2, 0) is 11.3 Å². The molecule has 0 spiro atoms. The van der Waals surface area contributed by atoms with Crippen LogP contribution in [0.2, 0.25) is 0 Å². The lowest BCUT2D eigenvalue weighted by Gasteiger charge is -2.43. The van der Waals surface area contributed by atoms with Crippen LogP contribution in [0.4, 0.5) is 11.5 Å². The van der Waals surface area contributed by atoms with E-state index in [4.69, 9.17) is 10.5 Å². The Morgan fingerprint density at radius 1 is 1.14 bits per heavy atom. The monoisotopic (exact) mass is 382 g/mol. The van der Waals surface area contributed by atoms with Crippen LogP contribution in [0.3, 0.4) is 0 Å². The zero-order chi connectivity index (χ0) is 19.9. The Kier molecular flexibility index (Phi) is 4.89. The third-order valence-corrected chi connectivity index (χ3v) is 5.52. The van der Waals surface area contributed by atoms with Crippen molar-refractivity contribution in [2.24, 2.45) is 0 Å². The summed E-state index contributed by atoms with van der Waals surface area (Å²) in [6.45, 7) is 14.1. The van der Waals surface area contributed by atoms with Crippen molar-refractivity contribution in [1.82, 2.24) is 19.9 Å². The summed E-state index contributed by atoms with van der Waals surface area (Å²) in [6, 6.07) is 6.44. The van der Waals surface area contributed by atoms with E-state index in [2.05, 4.69) is 63.7 Å². The summed E-state index contributed by atoms with van der Waals surface area (Å²) >= 11 is 0. The number of H-pyrrole nitrogens is 1. The van der Waals surface area contributed by atoms with E-state index in [-0.39, 0.29) is 5.54 Å². The highest BCUT2D eigenvalue weighted by atomic mass is 16.5. The van der Waals surface area contributed by atoms with Gasteiger partial charge in [-0.15, -0.1) is 0 Å². The number of fused-ring (bicyclic) bond motifs is 3. The number of nitrogen functional groups attached to an aromatic ring is 1. The smallest absolute Gasteiger partial charge is 0.152 e. The van der Waals surface area contributed by atoms with Crippen LogP contribution in [0.15, 0.2) is 18.2 Å². The average Bonchev–Trinajstić information content (AvgIpc) is 3.10. The van der Waals surface area contributed by atoms with E-state index in [9.17, 15) is 0 Å². The fraction of sp³-hybridized carbons (Fsp3) is 0.524. The number of nitrogens with two attached hydrogens (primary N) is 1. The van der Waals surface area contributed by atoms with Gasteiger partial charge in [0.1, 0.15) is 17.9 Å². The van der Waals surface area contributed by atoms with Crippen LogP contribution in [0.5, 0.6) is 0 Å². The third-order valence-electron chi connectivity index (χ3n) is 5.52. The Morgan fingerprint density at radius 2 is 1.89 bits per heavy atom. The Hall–Kier alpha value is -2.38. The number of nitrogens with zero attached hydrogens (tertiary/aromatic N) is 4. The van der Waals surface area contributed by atoms with Crippen molar-refractivity contribution in [2.75, 3.05) is 43.4 Å². The summed E-state index contributed by atoms with van der Waals surface area (Å²) in [5.74, 6) is 1.23. The number of rotatable bonds is 4. The SMILES string of the molecule is CCOCc1nc2c(N)nc3cc(N4CCN(C(C)(C)C)CC4)ccc3c2[nH]1. The van der Waals surface area contributed by atoms with Gasteiger partial charge in [-0.2, -0.15) is 0 Å². The molecule has 0 saturated carbocycles. The Morgan fingerprint density at radius 3 is 2.57 bits per heavy atom. The summed E-state index contributed by atoms with van der Waals surface area (Å²) < 4.78 is 5.47. The Balaban J connectivity index is 1.63. The van der Waals surface area contributed by atoms with Crippen LogP contribution in [0.1, 0.15) is 33.5 Å². The van der Waals surface area contributed by atoms with Crippen LogP contribution in [-0.4, -0.2) is 58.2 Å². The predicted octanol–water partition coefficient (Wildman–Crippen LogP) is 3.15. The number of hydrogen-bond donors (Lipinski definition) is 2. The number of aromatic nitrogens is 3. The molecule has 3 heterocycles. The van der Waals surface area contributed by atoms with Crippen molar-refractivity contribution in [3.63, 3.8) is 0 Å². The van der Waals surface area contributed by atoms with E-state index < -0.39 is 0 Å². The minimum atomic E-state index is 0.219. The molecule has 0 unspecified atom stereocenters. The van der Waals surface area contributed by atoms with Gasteiger partial charge >= 0.3 is 0 Å².